The molecule has 16 heavy (non-hydrogen) atoms. The molecular formula is C13H27ClN2. The van der Waals surface area contributed by atoms with Gasteiger partial charge in [0, 0.05) is 18.6 Å². The monoisotopic (exact) mass is 246 g/mol. The van der Waals surface area contributed by atoms with Crippen LogP contribution >= 0.6 is 12.4 Å². The summed E-state index contributed by atoms with van der Waals surface area (Å²) in [6.45, 7) is 2.15. The molecule has 2 N–H and O–H groups in total. The van der Waals surface area contributed by atoms with Crippen LogP contribution in [0.25, 0.3) is 0 Å². The highest BCUT2D eigenvalue weighted by molar-refractivity contribution is 5.85. The van der Waals surface area contributed by atoms with Crippen molar-refractivity contribution in [2.24, 2.45) is 11.7 Å². The molecule has 3 heteroatoms. The molecule has 2 fully saturated rings. The molecule has 2 aliphatic carbocycles. The Balaban J connectivity index is 0.00000128. The van der Waals surface area contributed by atoms with Crippen molar-refractivity contribution in [3.63, 3.8) is 0 Å². The van der Waals surface area contributed by atoms with Crippen molar-refractivity contribution in [1.29, 1.82) is 0 Å². The molecule has 0 spiro atoms. The Kier molecular flexibility index (Phi) is 5.55. The van der Waals surface area contributed by atoms with Gasteiger partial charge in [0.1, 0.15) is 0 Å². The molecule has 0 aromatic heterocycles. The zero-order chi connectivity index (χ0) is 10.7. The largest absolute Gasteiger partial charge is 0.329 e. The van der Waals surface area contributed by atoms with Crippen LogP contribution < -0.4 is 5.73 Å². The van der Waals surface area contributed by atoms with Crippen molar-refractivity contribution >= 4 is 12.4 Å². The molecular weight excluding hydrogens is 220 g/mol. The predicted molar refractivity (Wildman–Crippen MR) is 72.1 cm³/mol. The molecule has 0 aliphatic heterocycles. The lowest BCUT2D eigenvalue weighted by Crippen LogP contribution is -2.57. The van der Waals surface area contributed by atoms with E-state index >= 15 is 0 Å². The molecule has 0 radical (unpaired) electrons. The zero-order valence-corrected chi connectivity index (χ0v) is 11.4. The minimum absolute atomic E-state index is 0. The summed E-state index contributed by atoms with van der Waals surface area (Å²) in [4.78, 5) is 2.58. The molecule has 0 amide bonds. The summed E-state index contributed by atoms with van der Waals surface area (Å²) in [6, 6.07) is 0. The highest BCUT2D eigenvalue weighted by atomic mass is 35.5. The minimum atomic E-state index is 0. The van der Waals surface area contributed by atoms with Crippen molar-refractivity contribution in [3.8, 4) is 0 Å². The third-order valence-corrected chi connectivity index (χ3v) is 4.73. The first kappa shape index (κ1) is 14.3. The summed E-state index contributed by atoms with van der Waals surface area (Å²) >= 11 is 0. The smallest absolute Gasteiger partial charge is 0.0328 e. The van der Waals surface area contributed by atoms with Gasteiger partial charge in [0.05, 0.1) is 0 Å². The van der Waals surface area contributed by atoms with Crippen molar-refractivity contribution in [1.82, 2.24) is 4.90 Å². The van der Waals surface area contributed by atoms with Gasteiger partial charge in [-0.05, 0) is 45.1 Å². The standard InChI is InChI=1S/C13H26N2.ClH/c1-15(13(11-14)8-5-9-13)10-12-6-3-2-4-7-12;/h12H,2-11,14H2,1H3;1H. The maximum Gasteiger partial charge on any atom is 0.0328 e. The normalized spacial score (nSPS) is 24.9. The van der Waals surface area contributed by atoms with E-state index in [1.807, 2.05) is 0 Å². The highest BCUT2D eigenvalue weighted by Crippen LogP contribution is 2.37. The van der Waals surface area contributed by atoms with Gasteiger partial charge in [-0.2, -0.15) is 0 Å². The maximum absolute atomic E-state index is 5.93. The molecule has 2 aliphatic rings. The maximum atomic E-state index is 5.93. The number of likely N-dealkylation sites (N-methyl/N-ethyl adjacent to an activating group) is 1. The second-order valence-corrected chi connectivity index (χ2v) is 5.67. The van der Waals surface area contributed by atoms with E-state index in [4.69, 9.17) is 5.73 Å². The number of nitrogens with zero attached hydrogens (tertiary/aromatic N) is 1. The lowest BCUT2D eigenvalue weighted by atomic mass is 9.75. The Hall–Kier alpha value is 0.210. The van der Waals surface area contributed by atoms with E-state index in [0.717, 1.165) is 12.5 Å². The molecule has 0 aromatic rings. The lowest BCUT2D eigenvalue weighted by Gasteiger charge is -2.49. The SMILES string of the molecule is CN(CC1CCCCC1)C1(CN)CCC1.Cl. The van der Waals surface area contributed by atoms with Gasteiger partial charge in [-0.25, -0.2) is 0 Å². The van der Waals surface area contributed by atoms with Crippen LogP contribution in [0.3, 0.4) is 0 Å². The molecule has 0 aromatic carbocycles. The van der Waals surface area contributed by atoms with Crippen molar-refractivity contribution < 1.29 is 0 Å². The highest BCUT2D eigenvalue weighted by Gasteiger charge is 2.39. The van der Waals surface area contributed by atoms with E-state index in [9.17, 15) is 0 Å². The van der Waals surface area contributed by atoms with Crippen LogP contribution in [0.1, 0.15) is 51.4 Å². The number of nitrogens with two attached hydrogens (primary N) is 1. The van der Waals surface area contributed by atoms with Crippen molar-refractivity contribution in [3.05, 3.63) is 0 Å². The summed E-state index contributed by atoms with van der Waals surface area (Å²) in [5, 5.41) is 0. The number of rotatable bonds is 4. The van der Waals surface area contributed by atoms with E-state index in [2.05, 4.69) is 11.9 Å². The van der Waals surface area contributed by atoms with Crippen LogP contribution in [-0.2, 0) is 0 Å². The molecule has 2 saturated carbocycles. The first-order valence-corrected chi connectivity index (χ1v) is 6.68. The van der Waals surface area contributed by atoms with Gasteiger partial charge in [-0.3, -0.25) is 4.90 Å². The van der Waals surface area contributed by atoms with E-state index < -0.39 is 0 Å². The van der Waals surface area contributed by atoms with E-state index in [-0.39, 0.29) is 12.4 Å². The van der Waals surface area contributed by atoms with Crippen LogP contribution in [0.2, 0.25) is 0 Å². The second kappa shape index (κ2) is 6.23. The number of halogens is 1. The number of hydrogen-bond donors (Lipinski definition) is 1. The molecule has 2 nitrogen and oxygen atoms in total. The molecule has 96 valence electrons. The van der Waals surface area contributed by atoms with Crippen LogP contribution in [0.15, 0.2) is 0 Å². The summed E-state index contributed by atoms with van der Waals surface area (Å²) in [5.74, 6) is 0.952. The Labute approximate surface area is 106 Å². The average molecular weight is 247 g/mol. The quantitative estimate of drug-likeness (QED) is 0.827. The van der Waals surface area contributed by atoms with E-state index in [0.29, 0.717) is 5.54 Å². The van der Waals surface area contributed by atoms with E-state index in [1.54, 1.807) is 0 Å². The Morgan fingerprint density at radius 3 is 2.19 bits per heavy atom. The molecule has 0 unspecified atom stereocenters. The number of hydrogen-bond acceptors (Lipinski definition) is 2. The van der Waals surface area contributed by atoms with Crippen LogP contribution in [0.5, 0.6) is 0 Å². The van der Waals surface area contributed by atoms with Gasteiger partial charge in [0.15, 0.2) is 0 Å². The molecule has 0 atom stereocenters. The first-order valence-electron chi connectivity index (χ1n) is 6.68. The summed E-state index contributed by atoms with van der Waals surface area (Å²) in [5.41, 5.74) is 6.32. The average Bonchev–Trinajstić information content (AvgIpc) is 2.18. The first-order chi connectivity index (χ1) is 7.27. The van der Waals surface area contributed by atoms with Crippen LogP contribution in [0.4, 0.5) is 0 Å². The fraction of sp³-hybridized carbons (Fsp3) is 1.00. The summed E-state index contributed by atoms with van der Waals surface area (Å²) < 4.78 is 0. The van der Waals surface area contributed by atoms with Crippen LogP contribution in [0, 0.1) is 5.92 Å². The zero-order valence-electron chi connectivity index (χ0n) is 10.6. The molecule has 0 bridgehead atoms. The van der Waals surface area contributed by atoms with Crippen molar-refractivity contribution in [2.45, 2.75) is 56.9 Å². The minimum Gasteiger partial charge on any atom is -0.329 e. The Morgan fingerprint density at radius 2 is 1.75 bits per heavy atom. The molecule has 2 rings (SSSR count). The Morgan fingerprint density at radius 1 is 1.12 bits per heavy atom. The van der Waals surface area contributed by atoms with Gasteiger partial charge in [-0.15, -0.1) is 12.4 Å². The lowest BCUT2D eigenvalue weighted by molar-refractivity contribution is 0.0290. The fourth-order valence-corrected chi connectivity index (χ4v) is 3.28. The second-order valence-electron chi connectivity index (χ2n) is 5.67. The third-order valence-electron chi connectivity index (χ3n) is 4.73. The fourth-order valence-electron chi connectivity index (χ4n) is 3.28. The topological polar surface area (TPSA) is 29.3 Å². The van der Waals surface area contributed by atoms with Crippen molar-refractivity contribution in [2.75, 3.05) is 20.1 Å². The van der Waals surface area contributed by atoms with Gasteiger partial charge < -0.3 is 5.73 Å². The summed E-state index contributed by atoms with van der Waals surface area (Å²) in [6.07, 6.45) is 11.3. The predicted octanol–water partition coefficient (Wildman–Crippen LogP) is 2.80. The van der Waals surface area contributed by atoms with E-state index in [1.165, 1.54) is 57.9 Å². The Bertz CT molecular complexity index is 193. The summed E-state index contributed by atoms with van der Waals surface area (Å²) in [7, 11) is 2.29. The van der Waals surface area contributed by atoms with Gasteiger partial charge in [-0.1, -0.05) is 19.3 Å². The van der Waals surface area contributed by atoms with Gasteiger partial charge >= 0.3 is 0 Å². The molecule has 0 saturated heterocycles. The third kappa shape index (κ3) is 2.91. The van der Waals surface area contributed by atoms with Crippen LogP contribution in [-0.4, -0.2) is 30.6 Å². The molecule has 0 heterocycles. The van der Waals surface area contributed by atoms with Gasteiger partial charge in [0.2, 0.25) is 0 Å². The van der Waals surface area contributed by atoms with Gasteiger partial charge in [0.25, 0.3) is 0 Å².